The van der Waals surface area contributed by atoms with Gasteiger partial charge < -0.3 is 14.2 Å². The van der Waals surface area contributed by atoms with Crippen LogP contribution >= 0.6 is 0 Å². The molecule has 0 radical (unpaired) electrons. The van der Waals surface area contributed by atoms with Crippen LogP contribution in [0.3, 0.4) is 0 Å². The molecule has 7 heteroatoms. The second-order valence-electron chi connectivity index (χ2n) is 4.09. The number of aromatic nitrogens is 3. The minimum Gasteiger partial charge on any atom is -0.463 e. The van der Waals surface area contributed by atoms with Crippen molar-refractivity contribution in [3.8, 4) is 0 Å². The molecule has 1 amide bonds. The maximum absolute atomic E-state index is 12.4. The fourth-order valence-electron chi connectivity index (χ4n) is 1.73. The van der Waals surface area contributed by atoms with Gasteiger partial charge in [0.05, 0.1) is 25.2 Å². The molecule has 0 saturated heterocycles. The van der Waals surface area contributed by atoms with Gasteiger partial charge in [-0.1, -0.05) is 0 Å². The molecule has 0 bridgehead atoms. The zero-order valence-electron chi connectivity index (χ0n) is 11.4. The zero-order valence-corrected chi connectivity index (χ0v) is 11.4. The molecule has 0 spiro atoms. The molecule has 2 aromatic rings. The summed E-state index contributed by atoms with van der Waals surface area (Å²) in [5.41, 5.74) is 0.940. The number of methoxy groups -OCH3 is 1. The lowest BCUT2D eigenvalue weighted by atomic mass is 10.3. The number of carbonyl (C=O) groups excluding carboxylic acids is 2. The van der Waals surface area contributed by atoms with Crippen molar-refractivity contribution in [3.63, 3.8) is 0 Å². The van der Waals surface area contributed by atoms with Crippen LogP contribution in [-0.4, -0.2) is 40.6 Å². The summed E-state index contributed by atoms with van der Waals surface area (Å²) in [6.07, 6.45) is 4.55. The number of amides is 1. The van der Waals surface area contributed by atoms with Crippen LogP contribution in [0.1, 0.15) is 21.1 Å². The predicted molar refractivity (Wildman–Crippen MR) is 71.5 cm³/mol. The van der Waals surface area contributed by atoms with Gasteiger partial charge in [-0.3, -0.25) is 9.78 Å². The summed E-state index contributed by atoms with van der Waals surface area (Å²) in [5.74, 6) is -0.797. The summed E-state index contributed by atoms with van der Waals surface area (Å²) in [6.45, 7) is 0. The highest BCUT2D eigenvalue weighted by Crippen LogP contribution is 2.14. The smallest absolute Gasteiger partial charge is 0.374 e. The first kappa shape index (κ1) is 13.7. The third-order valence-corrected chi connectivity index (χ3v) is 2.91. The molecule has 2 aromatic heterocycles. The largest absolute Gasteiger partial charge is 0.463 e. The van der Waals surface area contributed by atoms with E-state index >= 15 is 0 Å². The molecule has 0 N–H and O–H groups in total. The number of carbonyl (C=O) groups is 2. The van der Waals surface area contributed by atoms with Crippen LogP contribution in [0.2, 0.25) is 0 Å². The van der Waals surface area contributed by atoms with Crippen molar-refractivity contribution in [1.82, 2.24) is 14.5 Å². The van der Waals surface area contributed by atoms with E-state index in [-0.39, 0.29) is 17.4 Å². The number of hydrogen-bond donors (Lipinski definition) is 0. The first-order chi connectivity index (χ1) is 9.56. The van der Waals surface area contributed by atoms with Crippen LogP contribution in [0.25, 0.3) is 0 Å². The highest BCUT2D eigenvalue weighted by atomic mass is 16.5. The number of ether oxygens (including phenoxy) is 1. The number of pyridine rings is 1. The van der Waals surface area contributed by atoms with Crippen LogP contribution in [0, 0.1) is 0 Å². The van der Waals surface area contributed by atoms with E-state index in [1.54, 1.807) is 38.6 Å². The second-order valence-corrected chi connectivity index (χ2v) is 4.09. The Morgan fingerprint density at radius 1 is 1.35 bits per heavy atom. The highest BCUT2D eigenvalue weighted by Gasteiger charge is 2.22. The van der Waals surface area contributed by atoms with Crippen molar-refractivity contribution in [2.75, 3.05) is 19.1 Å². The Morgan fingerprint density at radius 3 is 2.70 bits per heavy atom. The molecule has 7 nitrogen and oxygen atoms in total. The molecular weight excluding hydrogens is 260 g/mol. The monoisotopic (exact) mass is 274 g/mol. The Morgan fingerprint density at radius 2 is 2.10 bits per heavy atom. The summed E-state index contributed by atoms with van der Waals surface area (Å²) >= 11 is 0. The van der Waals surface area contributed by atoms with Crippen molar-refractivity contribution in [2.24, 2.45) is 7.05 Å². The minimum absolute atomic E-state index is 0.0791. The Kier molecular flexibility index (Phi) is 3.79. The second kappa shape index (κ2) is 5.52. The van der Waals surface area contributed by atoms with Gasteiger partial charge in [0.1, 0.15) is 5.69 Å². The van der Waals surface area contributed by atoms with Crippen molar-refractivity contribution >= 4 is 17.6 Å². The summed E-state index contributed by atoms with van der Waals surface area (Å²) in [4.78, 5) is 33.1. The van der Waals surface area contributed by atoms with Gasteiger partial charge in [-0.2, -0.15) is 0 Å². The lowest BCUT2D eigenvalue weighted by Gasteiger charge is -2.16. The number of hydrogen-bond acceptors (Lipinski definition) is 5. The number of nitrogens with zero attached hydrogens (tertiary/aromatic N) is 4. The maximum Gasteiger partial charge on any atom is 0.374 e. The third kappa shape index (κ3) is 2.37. The van der Waals surface area contributed by atoms with Crippen molar-refractivity contribution in [1.29, 1.82) is 0 Å². The lowest BCUT2D eigenvalue weighted by Crippen LogP contribution is -2.28. The van der Waals surface area contributed by atoms with Gasteiger partial charge in [-0.25, -0.2) is 9.78 Å². The number of esters is 1. The van der Waals surface area contributed by atoms with Crippen LogP contribution in [0.4, 0.5) is 5.69 Å². The third-order valence-electron chi connectivity index (χ3n) is 2.91. The van der Waals surface area contributed by atoms with E-state index in [1.165, 1.54) is 22.8 Å². The molecule has 0 aliphatic rings. The molecule has 0 aromatic carbocycles. The normalized spacial score (nSPS) is 10.2. The summed E-state index contributed by atoms with van der Waals surface area (Å²) in [7, 11) is 4.48. The molecule has 20 heavy (non-hydrogen) atoms. The van der Waals surface area contributed by atoms with E-state index in [4.69, 9.17) is 0 Å². The maximum atomic E-state index is 12.4. The average Bonchev–Trinajstić information content (AvgIpc) is 2.87. The SMILES string of the molecule is COC(=O)c1ncc(C(=O)N(C)c2cccnc2)n1C. The molecular formula is C13H14N4O3. The van der Waals surface area contributed by atoms with Gasteiger partial charge in [-0.15, -0.1) is 0 Å². The number of anilines is 1. The summed E-state index contributed by atoms with van der Waals surface area (Å²) in [6, 6.07) is 3.50. The fraction of sp³-hybridized carbons (Fsp3) is 0.231. The van der Waals surface area contributed by atoms with Crippen molar-refractivity contribution in [3.05, 3.63) is 42.2 Å². The van der Waals surface area contributed by atoms with E-state index in [0.717, 1.165) is 0 Å². The Bertz CT molecular complexity index is 636. The lowest BCUT2D eigenvalue weighted by molar-refractivity contribution is 0.0582. The predicted octanol–water partition coefficient (Wildman–Crippen LogP) is 0.878. The van der Waals surface area contributed by atoms with Crippen LogP contribution in [0.5, 0.6) is 0 Å². The molecule has 0 aliphatic carbocycles. The van der Waals surface area contributed by atoms with Gasteiger partial charge in [0.15, 0.2) is 0 Å². The standard InChI is InChI=1S/C13H14N4O3/c1-16(9-5-4-6-14-7-9)12(18)10-8-15-11(17(10)2)13(19)20-3/h4-8H,1-3H3. The number of rotatable bonds is 3. The van der Waals surface area contributed by atoms with E-state index in [0.29, 0.717) is 5.69 Å². The van der Waals surface area contributed by atoms with E-state index in [9.17, 15) is 9.59 Å². The van der Waals surface area contributed by atoms with E-state index in [1.807, 2.05) is 0 Å². The Balaban J connectivity index is 2.31. The van der Waals surface area contributed by atoms with Gasteiger partial charge in [-0.05, 0) is 12.1 Å². The molecule has 0 aliphatic heterocycles. The highest BCUT2D eigenvalue weighted by molar-refractivity contribution is 6.05. The Hall–Kier alpha value is -2.70. The van der Waals surface area contributed by atoms with Gasteiger partial charge in [0.2, 0.25) is 5.82 Å². The molecule has 2 rings (SSSR count). The van der Waals surface area contributed by atoms with Crippen LogP contribution in [-0.2, 0) is 11.8 Å². The average molecular weight is 274 g/mol. The molecule has 0 atom stereocenters. The summed E-state index contributed by atoms with van der Waals surface area (Å²) < 4.78 is 6.00. The van der Waals surface area contributed by atoms with Crippen molar-refractivity contribution in [2.45, 2.75) is 0 Å². The molecule has 2 heterocycles. The first-order valence-electron chi connectivity index (χ1n) is 5.84. The molecule has 0 saturated carbocycles. The quantitative estimate of drug-likeness (QED) is 0.776. The minimum atomic E-state index is -0.587. The molecule has 0 fully saturated rings. The molecule has 104 valence electrons. The fourth-order valence-corrected chi connectivity index (χ4v) is 1.73. The first-order valence-corrected chi connectivity index (χ1v) is 5.84. The topological polar surface area (TPSA) is 77.3 Å². The van der Waals surface area contributed by atoms with Crippen LogP contribution < -0.4 is 4.90 Å². The Labute approximate surface area is 115 Å². The van der Waals surface area contributed by atoms with Gasteiger partial charge >= 0.3 is 5.97 Å². The van der Waals surface area contributed by atoms with E-state index in [2.05, 4.69) is 14.7 Å². The summed E-state index contributed by atoms with van der Waals surface area (Å²) in [5, 5.41) is 0. The van der Waals surface area contributed by atoms with Crippen molar-refractivity contribution < 1.29 is 14.3 Å². The van der Waals surface area contributed by atoms with Gasteiger partial charge in [0, 0.05) is 20.3 Å². The number of imidazole rings is 1. The van der Waals surface area contributed by atoms with Gasteiger partial charge in [0.25, 0.3) is 5.91 Å². The zero-order chi connectivity index (χ0) is 14.7. The van der Waals surface area contributed by atoms with Crippen LogP contribution in [0.15, 0.2) is 30.7 Å². The molecule has 0 unspecified atom stereocenters. The van der Waals surface area contributed by atoms with E-state index < -0.39 is 5.97 Å².